The van der Waals surface area contributed by atoms with Gasteiger partial charge in [-0.2, -0.15) is 0 Å². The molecule has 0 aliphatic carbocycles. The zero-order chi connectivity index (χ0) is 22.9. The summed E-state index contributed by atoms with van der Waals surface area (Å²) in [5, 5.41) is 0. The average Bonchev–Trinajstić information content (AvgIpc) is 2.77. The molecular formula is C25H26N2O4S. The molecule has 32 heavy (non-hydrogen) atoms. The van der Waals surface area contributed by atoms with Gasteiger partial charge in [-0.25, -0.2) is 8.42 Å². The minimum absolute atomic E-state index is 0.0644. The molecule has 166 valence electrons. The number of methoxy groups -OCH3 is 1. The van der Waals surface area contributed by atoms with E-state index in [1.54, 1.807) is 23.1 Å². The third-order valence-corrected chi connectivity index (χ3v) is 7.19. The Kier molecular flexibility index (Phi) is 5.93. The number of ether oxygens (including phenoxy) is 1. The van der Waals surface area contributed by atoms with Crippen LogP contribution in [0, 0.1) is 13.8 Å². The molecule has 0 atom stereocenters. The number of benzene rings is 3. The summed E-state index contributed by atoms with van der Waals surface area (Å²) in [6.45, 7) is 4.26. The van der Waals surface area contributed by atoms with E-state index in [1.165, 1.54) is 7.11 Å². The fourth-order valence-electron chi connectivity index (χ4n) is 3.91. The average molecular weight is 451 g/mol. The number of fused-ring (bicyclic) bond motifs is 1. The molecular weight excluding hydrogens is 424 g/mol. The lowest BCUT2D eigenvalue weighted by molar-refractivity contribution is -0.119. The number of aryl methyl sites for hydroxylation is 3. The number of nitrogens with zero attached hydrogens (tertiary/aromatic N) is 1. The van der Waals surface area contributed by atoms with Crippen LogP contribution in [0.5, 0.6) is 5.75 Å². The summed E-state index contributed by atoms with van der Waals surface area (Å²) in [5.41, 5.74) is 5.08. The molecule has 1 N–H and O–H groups in total. The van der Waals surface area contributed by atoms with Crippen molar-refractivity contribution in [1.29, 1.82) is 0 Å². The quantitative estimate of drug-likeness (QED) is 0.596. The summed E-state index contributed by atoms with van der Waals surface area (Å²) in [7, 11) is -2.39. The molecule has 1 aliphatic rings. The first-order chi connectivity index (χ1) is 15.3. The number of nitrogens with one attached hydrogen (secondary N) is 1. The van der Waals surface area contributed by atoms with Crippen LogP contribution in [0.3, 0.4) is 0 Å². The van der Waals surface area contributed by atoms with Gasteiger partial charge < -0.3 is 9.64 Å². The molecule has 1 amide bonds. The molecule has 1 aliphatic heterocycles. The summed E-state index contributed by atoms with van der Waals surface area (Å²) in [5.74, 6) is 0.368. The lowest BCUT2D eigenvalue weighted by Crippen LogP contribution is -2.34. The SMILES string of the molecule is COc1cc(C)c(C)cc1S(=O)(=O)Nc1ccc2c(c1)CCC(=O)N2Cc1ccccc1. The Morgan fingerprint density at radius 3 is 2.41 bits per heavy atom. The largest absolute Gasteiger partial charge is 0.495 e. The van der Waals surface area contributed by atoms with Crippen molar-refractivity contribution >= 4 is 27.3 Å². The van der Waals surface area contributed by atoms with E-state index in [2.05, 4.69) is 4.72 Å². The number of sulfonamides is 1. The van der Waals surface area contributed by atoms with Gasteiger partial charge in [0.1, 0.15) is 10.6 Å². The van der Waals surface area contributed by atoms with Crippen molar-refractivity contribution in [2.45, 2.75) is 38.1 Å². The zero-order valence-corrected chi connectivity index (χ0v) is 19.2. The number of amides is 1. The van der Waals surface area contributed by atoms with Crippen LogP contribution in [0.2, 0.25) is 0 Å². The molecule has 7 heteroatoms. The first-order valence-electron chi connectivity index (χ1n) is 10.4. The Hall–Kier alpha value is -3.32. The normalized spacial score (nSPS) is 13.6. The zero-order valence-electron chi connectivity index (χ0n) is 18.4. The van der Waals surface area contributed by atoms with Gasteiger partial charge in [0, 0.05) is 17.8 Å². The second kappa shape index (κ2) is 8.67. The van der Waals surface area contributed by atoms with Gasteiger partial charge in [-0.3, -0.25) is 9.52 Å². The molecule has 0 aromatic heterocycles. The summed E-state index contributed by atoms with van der Waals surface area (Å²) in [6, 6.07) is 18.5. The van der Waals surface area contributed by atoms with Crippen LogP contribution in [0.4, 0.5) is 11.4 Å². The van der Waals surface area contributed by atoms with Crippen LogP contribution >= 0.6 is 0 Å². The highest BCUT2D eigenvalue weighted by Crippen LogP contribution is 2.33. The molecule has 4 rings (SSSR count). The number of carbonyl (C=O) groups excluding carboxylic acids is 1. The van der Waals surface area contributed by atoms with E-state index in [1.807, 2.05) is 56.3 Å². The van der Waals surface area contributed by atoms with Gasteiger partial charge in [-0.15, -0.1) is 0 Å². The second-order valence-electron chi connectivity index (χ2n) is 8.00. The fourth-order valence-corrected chi connectivity index (χ4v) is 5.19. The fraction of sp³-hybridized carbons (Fsp3) is 0.240. The van der Waals surface area contributed by atoms with Gasteiger partial charge in [-0.05, 0) is 72.9 Å². The van der Waals surface area contributed by atoms with Crippen molar-refractivity contribution in [3.05, 3.63) is 82.9 Å². The molecule has 0 saturated carbocycles. The number of hydrogen-bond acceptors (Lipinski definition) is 4. The van der Waals surface area contributed by atoms with E-state index < -0.39 is 10.0 Å². The predicted octanol–water partition coefficient (Wildman–Crippen LogP) is 4.59. The van der Waals surface area contributed by atoms with Gasteiger partial charge in [0.15, 0.2) is 0 Å². The topological polar surface area (TPSA) is 75.7 Å². The maximum Gasteiger partial charge on any atom is 0.265 e. The van der Waals surface area contributed by atoms with Gasteiger partial charge in [-0.1, -0.05) is 30.3 Å². The van der Waals surface area contributed by atoms with E-state index in [0.717, 1.165) is 27.9 Å². The molecule has 0 fully saturated rings. The van der Waals surface area contributed by atoms with Crippen LogP contribution in [0.25, 0.3) is 0 Å². The number of hydrogen-bond donors (Lipinski definition) is 1. The highest BCUT2D eigenvalue weighted by atomic mass is 32.2. The molecule has 0 unspecified atom stereocenters. The van der Waals surface area contributed by atoms with Gasteiger partial charge in [0.2, 0.25) is 5.91 Å². The van der Waals surface area contributed by atoms with Crippen LogP contribution in [0.15, 0.2) is 65.6 Å². The Labute approximate surface area is 188 Å². The number of rotatable bonds is 6. The Balaban J connectivity index is 1.63. The lowest BCUT2D eigenvalue weighted by atomic mass is 10.00. The monoisotopic (exact) mass is 450 g/mol. The van der Waals surface area contributed by atoms with Crippen LogP contribution in [0.1, 0.15) is 28.7 Å². The smallest absolute Gasteiger partial charge is 0.265 e. The van der Waals surface area contributed by atoms with Crippen LogP contribution < -0.4 is 14.4 Å². The third kappa shape index (κ3) is 4.34. The Morgan fingerprint density at radius 1 is 0.969 bits per heavy atom. The summed E-state index contributed by atoms with van der Waals surface area (Å²) in [4.78, 5) is 14.5. The highest BCUT2D eigenvalue weighted by molar-refractivity contribution is 7.92. The summed E-state index contributed by atoms with van der Waals surface area (Å²) < 4.78 is 34.2. The van der Waals surface area contributed by atoms with E-state index in [4.69, 9.17) is 4.74 Å². The van der Waals surface area contributed by atoms with Crippen molar-refractivity contribution < 1.29 is 17.9 Å². The maximum atomic E-state index is 13.1. The minimum Gasteiger partial charge on any atom is -0.495 e. The van der Waals surface area contributed by atoms with Crippen LogP contribution in [-0.2, 0) is 27.8 Å². The molecule has 0 radical (unpaired) electrons. The van der Waals surface area contributed by atoms with E-state index in [9.17, 15) is 13.2 Å². The van der Waals surface area contributed by atoms with Crippen molar-refractivity contribution in [2.24, 2.45) is 0 Å². The molecule has 3 aromatic carbocycles. The summed E-state index contributed by atoms with van der Waals surface area (Å²) >= 11 is 0. The third-order valence-electron chi connectivity index (χ3n) is 5.78. The van der Waals surface area contributed by atoms with Crippen LogP contribution in [-0.4, -0.2) is 21.4 Å². The lowest BCUT2D eigenvalue weighted by Gasteiger charge is -2.30. The van der Waals surface area contributed by atoms with Gasteiger partial charge in [0.25, 0.3) is 10.0 Å². The Morgan fingerprint density at radius 2 is 1.69 bits per heavy atom. The van der Waals surface area contributed by atoms with Crippen molar-refractivity contribution in [3.8, 4) is 5.75 Å². The van der Waals surface area contributed by atoms with E-state index in [0.29, 0.717) is 30.8 Å². The van der Waals surface area contributed by atoms with Crippen molar-refractivity contribution in [3.63, 3.8) is 0 Å². The molecule has 3 aromatic rings. The molecule has 1 heterocycles. The molecule has 0 saturated heterocycles. The number of anilines is 2. The minimum atomic E-state index is -3.85. The number of carbonyl (C=O) groups is 1. The molecule has 0 spiro atoms. The molecule has 6 nitrogen and oxygen atoms in total. The standard InChI is InChI=1S/C25H26N2O4S/c1-17-13-23(31-3)24(14-18(17)2)32(29,30)26-21-10-11-22-20(15-21)9-12-25(28)27(22)16-19-7-5-4-6-8-19/h4-8,10-11,13-15,26H,9,12,16H2,1-3H3. The first kappa shape index (κ1) is 21.9. The maximum absolute atomic E-state index is 13.1. The highest BCUT2D eigenvalue weighted by Gasteiger charge is 2.26. The predicted molar refractivity (Wildman–Crippen MR) is 126 cm³/mol. The van der Waals surface area contributed by atoms with Crippen molar-refractivity contribution in [1.82, 2.24) is 0 Å². The van der Waals surface area contributed by atoms with E-state index in [-0.39, 0.29) is 10.8 Å². The second-order valence-corrected chi connectivity index (χ2v) is 9.65. The van der Waals surface area contributed by atoms with E-state index >= 15 is 0 Å². The molecule has 0 bridgehead atoms. The van der Waals surface area contributed by atoms with Gasteiger partial charge >= 0.3 is 0 Å². The first-order valence-corrected chi connectivity index (χ1v) is 11.9. The Bertz CT molecular complexity index is 1270. The van der Waals surface area contributed by atoms with Crippen molar-refractivity contribution in [2.75, 3.05) is 16.7 Å². The summed E-state index contributed by atoms with van der Waals surface area (Å²) in [6.07, 6.45) is 0.961. The van der Waals surface area contributed by atoms with Gasteiger partial charge in [0.05, 0.1) is 13.7 Å².